The fraction of sp³-hybridized carbons (Fsp3) is 1.00. The van der Waals surface area contributed by atoms with E-state index < -0.39 is 0 Å². The van der Waals surface area contributed by atoms with Crippen LogP contribution in [0.15, 0.2) is 0 Å². The van der Waals surface area contributed by atoms with Crippen LogP contribution in [-0.4, -0.2) is 42.5 Å². The summed E-state index contributed by atoms with van der Waals surface area (Å²) in [5, 5.41) is 0. The van der Waals surface area contributed by atoms with E-state index in [0.29, 0.717) is 5.92 Å². The fourth-order valence-electron chi connectivity index (χ4n) is 4.09. The van der Waals surface area contributed by atoms with Crippen molar-refractivity contribution in [2.45, 2.75) is 62.2 Å². The second kappa shape index (κ2) is 5.55. The van der Waals surface area contributed by atoms with Gasteiger partial charge in [0.2, 0.25) is 0 Å². The van der Waals surface area contributed by atoms with Gasteiger partial charge in [-0.25, -0.2) is 0 Å². The van der Waals surface area contributed by atoms with E-state index in [4.69, 9.17) is 15.2 Å². The van der Waals surface area contributed by atoms with Crippen molar-refractivity contribution in [3.05, 3.63) is 0 Å². The maximum atomic E-state index is 6.60. The minimum absolute atomic E-state index is 0.0212. The standard InChI is InChI=1S/C15H27NO2S/c1-17-15(4-2-5-15)13(16)12-3-8-18-14(11-12)6-9-19-10-7-14/h12-13H,2-11,16H2,1H3. The van der Waals surface area contributed by atoms with Gasteiger partial charge in [0.15, 0.2) is 0 Å². The van der Waals surface area contributed by atoms with Crippen molar-refractivity contribution in [1.29, 1.82) is 0 Å². The number of ether oxygens (including phenoxy) is 2. The van der Waals surface area contributed by atoms with Crippen molar-refractivity contribution >= 4 is 11.8 Å². The number of rotatable bonds is 3. The molecule has 2 saturated heterocycles. The highest BCUT2D eigenvalue weighted by Gasteiger charge is 2.49. The van der Waals surface area contributed by atoms with Crippen LogP contribution in [-0.2, 0) is 9.47 Å². The summed E-state index contributed by atoms with van der Waals surface area (Å²) in [6.45, 7) is 0.892. The summed E-state index contributed by atoms with van der Waals surface area (Å²) in [4.78, 5) is 0. The van der Waals surface area contributed by atoms with Crippen molar-refractivity contribution in [2.24, 2.45) is 11.7 Å². The van der Waals surface area contributed by atoms with Crippen LogP contribution in [0, 0.1) is 5.92 Å². The molecule has 2 aliphatic heterocycles. The smallest absolute Gasteiger partial charge is 0.0831 e. The first-order valence-corrected chi connectivity index (χ1v) is 8.88. The number of hydrogen-bond acceptors (Lipinski definition) is 4. The van der Waals surface area contributed by atoms with Crippen LogP contribution >= 0.6 is 11.8 Å². The maximum absolute atomic E-state index is 6.60. The van der Waals surface area contributed by atoms with Gasteiger partial charge in [-0.05, 0) is 62.4 Å². The van der Waals surface area contributed by atoms with E-state index in [2.05, 4.69) is 11.8 Å². The van der Waals surface area contributed by atoms with E-state index in [1.54, 1.807) is 0 Å². The van der Waals surface area contributed by atoms with Gasteiger partial charge in [-0.15, -0.1) is 0 Å². The molecule has 3 rings (SSSR count). The number of methoxy groups -OCH3 is 1. The highest BCUT2D eigenvalue weighted by Crippen LogP contribution is 2.46. The lowest BCUT2D eigenvalue weighted by Gasteiger charge is -2.51. The van der Waals surface area contributed by atoms with E-state index in [-0.39, 0.29) is 17.2 Å². The molecule has 1 spiro atoms. The molecule has 110 valence electrons. The van der Waals surface area contributed by atoms with Gasteiger partial charge in [0, 0.05) is 19.8 Å². The van der Waals surface area contributed by atoms with Crippen LogP contribution < -0.4 is 5.73 Å². The van der Waals surface area contributed by atoms with E-state index in [1.807, 2.05) is 7.11 Å². The molecule has 3 nitrogen and oxygen atoms in total. The summed E-state index contributed by atoms with van der Waals surface area (Å²) < 4.78 is 12.0. The molecule has 2 atom stereocenters. The molecule has 0 aromatic carbocycles. The average Bonchev–Trinajstić information content (AvgIpc) is 2.39. The predicted molar refractivity (Wildman–Crippen MR) is 79.5 cm³/mol. The molecule has 0 aromatic rings. The lowest BCUT2D eigenvalue weighted by molar-refractivity contribution is -0.143. The third-order valence-corrected chi connectivity index (χ3v) is 6.64. The minimum atomic E-state index is -0.0212. The zero-order valence-electron chi connectivity index (χ0n) is 12.0. The van der Waals surface area contributed by atoms with E-state index in [9.17, 15) is 0 Å². The molecule has 4 heteroatoms. The topological polar surface area (TPSA) is 44.5 Å². The van der Waals surface area contributed by atoms with Crippen LogP contribution in [0.2, 0.25) is 0 Å². The third-order valence-electron chi connectivity index (χ3n) is 5.66. The molecular weight excluding hydrogens is 258 g/mol. The van der Waals surface area contributed by atoms with Crippen LogP contribution in [0.3, 0.4) is 0 Å². The molecule has 19 heavy (non-hydrogen) atoms. The zero-order valence-corrected chi connectivity index (χ0v) is 12.8. The Labute approximate surface area is 121 Å². The van der Waals surface area contributed by atoms with Gasteiger partial charge in [0.1, 0.15) is 0 Å². The maximum Gasteiger partial charge on any atom is 0.0831 e. The molecule has 2 unspecified atom stereocenters. The Morgan fingerprint density at radius 3 is 2.58 bits per heavy atom. The monoisotopic (exact) mass is 285 g/mol. The van der Waals surface area contributed by atoms with E-state index in [0.717, 1.165) is 32.3 Å². The molecule has 2 N–H and O–H groups in total. The molecule has 1 saturated carbocycles. The van der Waals surface area contributed by atoms with Gasteiger partial charge in [-0.2, -0.15) is 11.8 Å². The van der Waals surface area contributed by atoms with Gasteiger partial charge in [-0.3, -0.25) is 0 Å². The Balaban J connectivity index is 1.67. The largest absolute Gasteiger partial charge is 0.377 e. The van der Waals surface area contributed by atoms with Gasteiger partial charge in [0.05, 0.1) is 11.2 Å². The Kier molecular flexibility index (Phi) is 4.14. The van der Waals surface area contributed by atoms with Crippen molar-refractivity contribution in [3.8, 4) is 0 Å². The second-order valence-electron chi connectivity index (χ2n) is 6.54. The van der Waals surface area contributed by atoms with Crippen molar-refractivity contribution in [1.82, 2.24) is 0 Å². The summed E-state index contributed by atoms with van der Waals surface area (Å²) in [5.74, 6) is 3.08. The highest BCUT2D eigenvalue weighted by molar-refractivity contribution is 7.99. The Bertz CT molecular complexity index is 302. The third kappa shape index (κ3) is 2.57. The van der Waals surface area contributed by atoms with E-state index >= 15 is 0 Å². The molecular formula is C15H27NO2S. The molecule has 1 aliphatic carbocycles. The first kappa shape index (κ1) is 14.2. The van der Waals surface area contributed by atoms with Crippen LogP contribution in [0.5, 0.6) is 0 Å². The molecule has 0 radical (unpaired) electrons. The molecule has 3 fully saturated rings. The summed E-state index contributed by atoms with van der Waals surface area (Å²) in [7, 11) is 1.84. The molecule has 0 bridgehead atoms. The van der Waals surface area contributed by atoms with Gasteiger partial charge in [-0.1, -0.05) is 0 Å². The molecule has 2 heterocycles. The van der Waals surface area contributed by atoms with Crippen molar-refractivity contribution < 1.29 is 9.47 Å². The lowest BCUT2D eigenvalue weighted by Crippen LogP contribution is -2.60. The molecule has 3 aliphatic rings. The van der Waals surface area contributed by atoms with Crippen molar-refractivity contribution in [2.75, 3.05) is 25.2 Å². The van der Waals surface area contributed by atoms with Crippen LogP contribution in [0.4, 0.5) is 0 Å². The number of hydrogen-bond donors (Lipinski definition) is 1. The Hall–Kier alpha value is 0.230. The summed E-state index contributed by atoms with van der Waals surface area (Å²) >= 11 is 2.06. The predicted octanol–water partition coefficient (Wildman–Crippen LogP) is 2.58. The highest BCUT2D eigenvalue weighted by atomic mass is 32.2. The van der Waals surface area contributed by atoms with Crippen LogP contribution in [0.25, 0.3) is 0 Å². The number of thioether (sulfide) groups is 1. The fourth-order valence-corrected chi connectivity index (χ4v) is 5.33. The van der Waals surface area contributed by atoms with Gasteiger partial charge in [0.25, 0.3) is 0 Å². The zero-order chi connectivity index (χ0) is 13.3. The summed E-state index contributed by atoms with van der Waals surface area (Å²) in [6.07, 6.45) is 8.24. The Morgan fingerprint density at radius 1 is 1.26 bits per heavy atom. The molecule has 0 amide bonds. The minimum Gasteiger partial charge on any atom is -0.377 e. The SMILES string of the molecule is COC1(C(N)C2CCOC3(CCSCC3)C2)CCC1. The van der Waals surface area contributed by atoms with Crippen LogP contribution in [0.1, 0.15) is 44.9 Å². The lowest BCUT2D eigenvalue weighted by atomic mass is 9.67. The number of nitrogens with two attached hydrogens (primary N) is 1. The first-order valence-electron chi connectivity index (χ1n) is 7.72. The van der Waals surface area contributed by atoms with E-state index in [1.165, 1.54) is 30.8 Å². The molecule has 0 aromatic heterocycles. The normalized spacial score (nSPS) is 34.7. The second-order valence-corrected chi connectivity index (χ2v) is 7.77. The Morgan fingerprint density at radius 2 is 2.00 bits per heavy atom. The quantitative estimate of drug-likeness (QED) is 0.865. The first-order chi connectivity index (χ1) is 9.20. The van der Waals surface area contributed by atoms with Gasteiger partial charge >= 0.3 is 0 Å². The van der Waals surface area contributed by atoms with Crippen molar-refractivity contribution in [3.63, 3.8) is 0 Å². The summed E-state index contributed by atoms with van der Waals surface area (Å²) in [6, 6.07) is 0.196. The summed E-state index contributed by atoms with van der Waals surface area (Å²) in [5.41, 5.74) is 6.73. The average molecular weight is 285 g/mol. The van der Waals surface area contributed by atoms with Gasteiger partial charge < -0.3 is 15.2 Å².